The molecule has 8 heteroatoms. The summed E-state index contributed by atoms with van der Waals surface area (Å²) in [4.78, 5) is 12.3. The van der Waals surface area contributed by atoms with Crippen LogP contribution in [0.2, 0.25) is 5.02 Å². The Bertz CT molecular complexity index is 691. The van der Waals surface area contributed by atoms with Crippen molar-refractivity contribution in [2.45, 2.75) is 30.4 Å². The maximum Gasteiger partial charge on any atom is 0.237 e. The fourth-order valence-electron chi connectivity index (χ4n) is 1.69. The van der Waals surface area contributed by atoms with Gasteiger partial charge in [0.15, 0.2) is 4.34 Å². The molecular formula is C14H16ClN3O2S2. The number of thioether (sulfide) groups is 1. The fraction of sp³-hybridized carbons (Fsp3) is 0.357. The SMILES string of the molecule is COc1cc(Cl)c(C)cc1NC(=O)C(C)Sc1nnc(C)s1. The first-order valence-electron chi connectivity index (χ1n) is 6.52. The molecule has 118 valence electrons. The summed E-state index contributed by atoms with van der Waals surface area (Å²) in [6.07, 6.45) is 0. The number of nitrogens with zero attached hydrogens (tertiary/aromatic N) is 2. The molecule has 1 heterocycles. The molecule has 2 rings (SSSR count). The van der Waals surface area contributed by atoms with Crippen LogP contribution in [0.1, 0.15) is 17.5 Å². The van der Waals surface area contributed by atoms with Crippen LogP contribution < -0.4 is 10.1 Å². The van der Waals surface area contributed by atoms with E-state index >= 15 is 0 Å². The number of nitrogens with one attached hydrogen (secondary N) is 1. The summed E-state index contributed by atoms with van der Waals surface area (Å²) in [5.74, 6) is 0.408. The molecule has 1 amide bonds. The molecule has 1 atom stereocenters. The molecule has 0 fully saturated rings. The van der Waals surface area contributed by atoms with Gasteiger partial charge in [-0.15, -0.1) is 10.2 Å². The number of benzene rings is 1. The summed E-state index contributed by atoms with van der Waals surface area (Å²) in [6.45, 7) is 5.58. The quantitative estimate of drug-likeness (QED) is 0.821. The van der Waals surface area contributed by atoms with Gasteiger partial charge in [0.25, 0.3) is 0 Å². The lowest BCUT2D eigenvalue weighted by molar-refractivity contribution is -0.115. The molecule has 0 spiro atoms. The van der Waals surface area contributed by atoms with Gasteiger partial charge in [-0.2, -0.15) is 0 Å². The molecule has 1 unspecified atom stereocenters. The van der Waals surface area contributed by atoms with Crippen LogP contribution in [0.4, 0.5) is 5.69 Å². The Morgan fingerprint density at radius 3 is 2.73 bits per heavy atom. The van der Waals surface area contributed by atoms with E-state index in [1.165, 1.54) is 23.1 Å². The van der Waals surface area contributed by atoms with Gasteiger partial charge in [-0.3, -0.25) is 4.79 Å². The zero-order valence-electron chi connectivity index (χ0n) is 12.6. The number of anilines is 1. The summed E-state index contributed by atoms with van der Waals surface area (Å²) in [5, 5.41) is 12.0. The van der Waals surface area contributed by atoms with Gasteiger partial charge in [0, 0.05) is 11.1 Å². The van der Waals surface area contributed by atoms with Crippen molar-refractivity contribution in [2.75, 3.05) is 12.4 Å². The lowest BCUT2D eigenvalue weighted by Gasteiger charge is -2.14. The maximum atomic E-state index is 12.3. The van der Waals surface area contributed by atoms with E-state index in [0.717, 1.165) is 14.9 Å². The van der Waals surface area contributed by atoms with Crippen molar-refractivity contribution in [3.8, 4) is 5.75 Å². The van der Waals surface area contributed by atoms with Gasteiger partial charge < -0.3 is 10.1 Å². The van der Waals surface area contributed by atoms with Gasteiger partial charge in [0.2, 0.25) is 5.91 Å². The Labute approximate surface area is 142 Å². The van der Waals surface area contributed by atoms with Crippen LogP contribution in [0.3, 0.4) is 0 Å². The van der Waals surface area contributed by atoms with Crippen molar-refractivity contribution in [2.24, 2.45) is 0 Å². The normalized spacial score (nSPS) is 12.0. The Hall–Kier alpha value is -1.31. The Balaban J connectivity index is 2.09. The second-order valence-electron chi connectivity index (χ2n) is 4.64. The number of hydrogen-bond donors (Lipinski definition) is 1. The summed E-state index contributed by atoms with van der Waals surface area (Å²) in [5.41, 5.74) is 1.48. The predicted octanol–water partition coefficient (Wildman–Crippen LogP) is 3.94. The molecule has 0 aliphatic heterocycles. The van der Waals surface area contributed by atoms with Crippen molar-refractivity contribution in [3.63, 3.8) is 0 Å². The number of aryl methyl sites for hydroxylation is 2. The van der Waals surface area contributed by atoms with Crippen LogP contribution in [-0.4, -0.2) is 28.5 Å². The molecule has 1 N–H and O–H groups in total. The number of halogens is 1. The fourth-order valence-corrected chi connectivity index (χ4v) is 3.81. The number of aromatic nitrogens is 2. The number of amides is 1. The first-order valence-corrected chi connectivity index (χ1v) is 8.60. The third-order valence-corrected chi connectivity index (χ3v) is 5.32. The van der Waals surface area contributed by atoms with E-state index in [0.29, 0.717) is 16.5 Å². The number of methoxy groups -OCH3 is 1. The highest BCUT2D eigenvalue weighted by molar-refractivity contribution is 8.02. The third-order valence-electron chi connectivity index (χ3n) is 2.89. The van der Waals surface area contributed by atoms with Crippen molar-refractivity contribution in [1.29, 1.82) is 0 Å². The van der Waals surface area contributed by atoms with Gasteiger partial charge in [-0.1, -0.05) is 34.7 Å². The van der Waals surface area contributed by atoms with Crippen molar-refractivity contribution >= 4 is 46.3 Å². The molecule has 22 heavy (non-hydrogen) atoms. The molecule has 0 saturated heterocycles. The van der Waals surface area contributed by atoms with Gasteiger partial charge in [-0.05, 0) is 32.4 Å². The zero-order valence-corrected chi connectivity index (χ0v) is 15.0. The van der Waals surface area contributed by atoms with E-state index in [4.69, 9.17) is 16.3 Å². The maximum absolute atomic E-state index is 12.3. The average Bonchev–Trinajstić information content (AvgIpc) is 2.87. The van der Waals surface area contributed by atoms with E-state index in [9.17, 15) is 4.79 Å². The monoisotopic (exact) mass is 357 g/mol. The number of rotatable bonds is 5. The largest absolute Gasteiger partial charge is 0.495 e. The standard InChI is InChI=1S/C14H16ClN3O2S2/c1-7-5-11(12(20-4)6-10(7)15)16-13(19)8(2)21-14-18-17-9(3)22-14/h5-6,8H,1-4H3,(H,16,19). The molecule has 0 saturated carbocycles. The van der Waals surface area contributed by atoms with Crippen LogP contribution in [0.25, 0.3) is 0 Å². The minimum Gasteiger partial charge on any atom is -0.495 e. The Morgan fingerprint density at radius 1 is 1.41 bits per heavy atom. The average molecular weight is 358 g/mol. The van der Waals surface area contributed by atoms with Crippen LogP contribution in [0.5, 0.6) is 5.75 Å². The molecule has 2 aromatic rings. The van der Waals surface area contributed by atoms with Crippen LogP contribution in [0.15, 0.2) is 16.5 Å². The third kappa shape index (κ3) is 4.12. The van der Waals surface area contributed by atoms with Crippen molar-refractivity contribution < 1.29 is 9.53 Å². The minimum absolute atomic E-state index is 0.127. The highest BCUT2D eigenvalue weighted by Gasteiger charge is 2.18. The Kier molecular flexibility index (Phi) is 5.66. The molecule has 1 aromatic carbocycles. The molecular weight excluding hydrogens is 342 g/mol. The highest BCUT2D eigenvalue weighted by Crippen LogP contribution is 2.32. The lowest BCUT2D eigenvalue weighted by Crippen LogP contribution is -2.22. The zero-order chi connectivity index (χ0) is 16.3. The second kappa shape index (κ2) is 7.30. The summed E-state index contributed by atoms with van der Waals surface area (Å²) in [7, 11) is 1.54. The minimum atomic E-state index is -0.298. The molecule has 0 aliphatic carbocycles. The summed E-state index contributed by atoms with van der Waals surface area (Å²) < 4.78 is 6.03. The van der Waals surface area contributed by atoms with E-state index in [-0.39, 0.29) is 11.2 Å². The van der Waals surface area contributed by atoms with E-state index < -0.39 is 0 Å². The van der Waals surface area contributed by atoms with Crippen LogP contribution >= 0.6 is 34.7 Å². The van der Waals surface area contributed by atoms with E-state index in [1.807, 2.05) is 20.8 Å². The molecule has 0 radical (unpaired) electrons. The first kappa shape index (κ1) is 17.1. The number of hydrogen-bond acceptors (Lipinski definition) is 6. The molecule has 0 bridgehead atoms. The smallest absolute Gasteiger partial charge is 0.237 e. The van der Waals surface area contributed by atoms with Crippen LogP contribution in [0, 0.1) is 13.8 Å². The summed E-state index contributed by atoms with van der Waals surface area (Å²) in [6, 6.07) is 3.49. The van der Waals surface area contributed by atoms with Gasteiger partial charge in [0.05, 0.1) is 18.0 Å². The van der Waals surface area contributed by atoms with Crippen LogP contribution in [-0.2, 0) is 4.79 Å². The molecule has 5 nitrogen and oxygen atoms in total. The van der Waals surface area contributed by atoms with Gasteiger partial charge >= 0.3 is 0 Å². The summed E-state index contributed by atoms with van der Waals surface area (Å²) >= 11 is 8.91. The highest BCUT2D eigenvalue weighted by atomic mass is 35.5. The number of carbonyl (C=O) groups is 1. The van der Waals surface area contributed by atoms with Crippen molar-refractivity contribution in [3.05, 3.63) is 27.7 Å². The van der Waals surface area contributed by atoms with Crippen molar-refractivity contribution in [1.82, 2.24) is 10.2 Å². The second-order valence-corrected chi connectivity index (χ2v) is 7.81. The predicted molar refractivity (Wildman–Crippen MR) is 91.3 cm³/mol. The lowest BCUT2D eigenvalue weighted by atomic mass is 10.2. The molecule has 0 aliphatic rings. The first-order chi connectivity index (χ1) is 10.4. The van der Waals surface area contributed by atoms with Gasteiger partial charge in [-0.25, -0.2) is 0 Å². The van der Waals surface area contributed by atoms with E-state index in [2.05, 4.69) is 15.5 Å². The number of ether oxygens (including phenoxy) is 1. The number of carbonyl (C=O) groups excluding carboxylic acids is 1. The molecule has 1 aromatic heterocycles. The van der Waals surface area contributed by atoms with Gasteiger partial charge in [0.1, 0.15) is 10.8 Å². The van der Waals surface area contributed by atoms with E-state index in [1.54, 1.807) is 19.2 Å². The topological polar surface area (TPSA) is 64.1 Å². The Morgan fingerprint density at radius 2 is 2.14 bits per heavy atom.